The Hall–Kier alpha value is -3.45. The van der Waals surface area contributed by atoms with E-state index in [0.29, 0.717) is 16.7 Å². The van der Waals surface area contributed by atoms with Gasteiger partial charge in [0.2, 0.25) is 5.91 Å². The van der Waals surface area contributed by atoms with E-state index in [1.165, 1.54) is 0 Å². The highest BCUT2D eigenvalue weighted by atomic mass is 16.6. The molecule has 13 heteroatoms. The molecule has 0 aromatic heterocycles. The van der Waals surface area contributed by atoms with E-state index in [1.54, 1.807) is 6.92 Å². The standard InChI is InChI=1S/C24H39N7O6/c1-7-9-13-28(14-10-8-2)16-20(18(3)26-27-23(32)17-31(4,5)6)24(33)25-21-12-11-19(29(34)35)15-22(21)30(36)37/h11-12,15,20H,7-10,13-14,16-17H2,1-6H3,(H-,25,27,32,33)/p+1/b26-18-/t20-/m1/s1. The van der Waals surface area contributed by atoms with Gasteiger partial charge in [-0.15, -0.1) is 0 Å². The summed E-state index contributed by atoms with van der Waals surface area (Å²) in [5.41, 5.74) is 1.65. The zero-order valence-electron chi connectivity index (χ0n) is 22.7. The molecule has 0 bridgehead atoms. The first-order chi connectivity index (χ1) is 17.3. The first-order valence-electron chi connectivity index (χ1n) is 12.4. The first kappa shape index (κ1) is 31.6. The van der Waals surface area contributed by atoms with Gasteiger partial charge in [-0.1, -0.05) is 26.7 Å². The Kier molecular flexibility index (Phi) is 12.8. The van der Waals surface area contributed by atoms with Crippen molar-refractivity contribution in [1.82, 2.24) is 10.3 Å². The fourth-order valence-electron chi connectivity index (χ4n) is 3.53. The van der Waals surface area contributed by atoms with E-state index in [1.807, 2.05) is 21.1 Å². The van der Waals surface area contributed by atoms with E-state index in [4.69, 9.17) is 0 Å². The fraction of sp³-hybridized carbons (Fsp3) is 0.625. The molecular weight excluding hydrogens is 482 g/mol. The van der Waals surface area contributed by atoms with Crippen molar-refractivity contribution in [3.63, 3.8) is 0 Å². The third kappa shape index (κ3) is 11.4. The summed E-state index contributed by atoms with van der Waals surface area (Å²) >= 11 is 0. The van der Waals surface area contributed by atoms with Crippen LogP contribution in [0.3, 0.4) is 0 Å². The lowest BCUT2D eigenvalue weighted by atomic mass is 10.0. The zero-order valence-corrected chi connectivity index (χ0v) is 22.7. The molecule has 37 heavy (non-hydrogen) atoms. The summed E-state index contributed by atoms with van der Waals surface area (Å²) in [5.74, 6) is -1.70. The second-order valence-electron chi connectivity index (χ2n) is 10.0. The van der Waals surface area contributed by atoms with Crippen molar-refractivity contribution < 1.29 is 23.9 Å². The molecule has 1 aromatic rings. The molecule has 2 N–H and O–H groups in total. The molecule has 0 aliphatic heterocycles. The third-order valence-electron chi connectivity index (χ3n) is 5.54. The molecule has 1 atom stereocenters. The maximum absolute atomic E-state index is 13.4. The van der Waals surface area contributed by atoms with Gasteiger partial charge < -0.3 is 14.7 Å². The van der Waals surface area contributed by atoms with Crippen LogP contribution in [0.5, 0.6) is 0 Å². The Morgan fingerprint density at radius 1 is 1.05 bits per heavy atom. The number of hydrazone groups is 1. The van der Waals surface area contributed by atoms with E-state index in [-0.39, 0.29) is 18.1 Å². The molecule has 1 rings (SSSR count). The number of carbonyl (C=O) groups excluding carboxylic acids is 2. The zero-order chi connectivity index (χ0) is 28.2. The quantitative estimate of drug-likeness (QED) is 0.146. The number of benzene rings is 1. The first-order valence-corrected chi connectivity index (χ1v) is 12.4. The van der Waals surface area contributed by atoms with Gasteiger partial charge in [-0.05, 0) is 38.9 Å². The Bertz CT molecular complexity index is 982. The summed E-state index contributed by atoms with van der Waals surface area (Å²) in [6.45, 7) is 7.78. The molecule has 0 radical (unpaired) electrons. The van der Waals surface area contributed by atoms with Gasteiger partial charge in [0.05, 0.1) is 43.0 Å². The molecule has 0 spiro atoms. The number of hydrogen-bond acceptors (Lipinski definition) is 8. The number of nitrogens with zero attached hydrogens (tertiary/aromatic N) is 5. The van der Waals surface area contributed by atoms with Gasteiger partial charge in [-0.2, -0.15) is 5.10 Å². The largest absolute Gasteiger partial charge is 0.323 e. The normalized spacial score (nSPS) is 12.8. The lowest BCUT2D eigenvalue weighted by Gasteiger charge is -2.27. The Balaban J connectivity index is 3.29. The van der Waals surface area contributed by atoms with Crippen LogP contribution in [-0.2, 0) is 9.59 Å². The van der Waals surface area contributed by atoms with Crippen molar-refractivity contribution in [3.05, 3.63) is 38.4 Å². The van der Waals surface area contributed by atoms with Crippen molar-refractivity contribution >= 4 is 34.6 Å². The van der Waals surface area contributed by atoms with E-state index in [2.05, 4.69) is 34.6 Å². The molecule has 206 valence electrons. The van der Waals surface area contributed by atoms with Crippen LogP contribution in [0.2, 0.25) is 0 Å². The summed E-state index contributed by atoms with van der Waals surface area (Å²) in [5, 5.41) is 29.3. The molecule has 0 saturated heterocycles. The van der Waals surface area contributed by atoms with Crippen molar-refractivity contribution in [2.24, 2.45) is 11.0 Å². The predicted octanol–water partition coefficient (Wildman–Crippen LogP) is 3.16. The second kappa shape index (κ2) is 15.0. The lowest BCUT2D eigenvalue weighted by molar-refractivity contribution is -0.862. The van der Waals surface area contributed by atoms with Crippen LogP contribution in [-0.4, -0.2) is 84.1 Å². The molecule has 0 fully saturated rings. The SMILES string of the molecule is CCCCN(CCCC)C[C@@H](C(=O)Nc1ccc([N+](=O)[O-])cc1[N+](=O)[O-])/C(C)=N\NC(=O)C[N+](C)(C)C. The van der Waals surface area contributed by atoms with Gasteiger partial charge in [-0.3, -0.25) is 29.8 Å². The molecule has 0 heterocycles. The minimum atomic E-state index is -0.826. The summed E-state index contributed by atoms with van der Waals surface area (Å²) in [7, 11) is 5.59. The van der Waals surface area contributed by atoms with E-state index in [0.717, 1.165) is 57.0 Å². The number of amides is 2. The number of unbranched alkanes of at least 4 members (excludes halogenated alkanes) is 2. The average Bonchev–Trinajstić information content (AvgIpc) is 2.80. The van der Waals surface area contributed by atoms with Gasteiger partial charge in [0.15, 0.2) is 6.54 Å². The number of likely N-dealkylation sites (N-methyl/N-ethyl adjacent to an activating group) is 1. The molecular formula is C24H40N7O6+. The van der Waals surface area contributed by atoms with Crippen molar-refractivity contribution in [1.29, 1.82) is 0 Å². The van der Waals surface area contributed by atoms with Crippen LogP contribution in [0.1, 0.15) is 46.5 Å². The fourth-order valence-corrected chi connectivity index (χ4v) is 3.53. The van der Waals surface area contributed by atoms with E-state index < -0.39 is 33.0 Å². The number of nitrogens with one attached hydrogen (secondary N) is 2. The Labute approximate surface area is 217 Å². The van der Waals surface area contributed by atoms with Gasteiger partial charge in [-0.25, -0.2) is 5.43 Å². The lowest BCUT2D eigenvalue weighted by Crippen LogP contribution is -2.44. The van der Waals surface area contributed by atoms with Crippen LogP contribution < -0.4 is 10.7 Å². The number of carbonyl (C=O) groups is 2. The molecule has 1 aromatic carbocycles. The summed E-state index contributed by atoms with van der Waals surface area (Å²) in [6, 6.07) is 3.05. The molecule has 0 saturated carbocycles. The number of nitro benzene ring substituents is 2. The number of anilines is 1. The van der Waals surface area contributed by atoms with Crippen LogP contribution in [0.15, 0.2) is 23.3 Å². The molecule has 0 aliphatic rings. The van der Waals surface area contributed by atoms with Crippen molar-refractivity contribution in [3.8, 4) is 0 Å². The number of rotatable bonds is 16. The predicted molar refractivity (Wildman–Crippen MR) is 142 cm³/mol. The maximum Gasteiger partial charge on any atom is 0.299 e. The van der Waals surface area contributed by atoms with Crippen LogP contribution in [0.4, 0.5) is 17.1 Å². The average molecular weight is 523 g/mol. The molecule has 0 unspecified atom stereocenters. The van der Waals surface area contributed by atoms with Gasteiger partial charge in [0.25, 0.3) is 17.3 Å². The topological polar surface area (TPSA) is 160 Å². The van der Waals surface area contributed by atoms with Gasteiger partial charge in [0, 0.05) is 18.3 Å². The van der Waals surface area contributed by atoms with Crippen molar-refractivity contribution in [2.75, 3.05) is 52.6 Å². The van der Waals surface area contributed by atoms with Gasteiger partial charge in [0.1, 0.15) is 5.69 Å². The summed E-state index contributed by atoms with van der Waals surface area (Å²) < 4.78 is 0.399. The Morgan fingerprint density at radius 2 is 1.65 bits per heavy atom. The smallest absolute Gasteiger partial charge is 0.299 e. The highest BCUT2D eigenvalue weighted by Gasteiger charge is 2.28. The summed E-state index contributed by atoms with van der Waals surface area (Å²) in [6.07, 6.45) is 3.82. The minimum Gasteiger partial charge on any atom is -0.323 e. The van der Waals surface area contributed by atoms with Crippen LogP contribution in [0, 0.1) is 26.1 Å². The highest BCUT2D eigenvalue weighted by molar-refractivity contribution is 6.09. The van der Waals surface area contributed by atoms with E-state index in [9.17, 15) is 29.8 Å². The van der Waals surface area contributed by atoms with E-state index >= 15 is 0 Å². The van der Waals surface area contributed by atoms with Crippen LogP contribution in [0.25, 0.3) is 0 Å². The second-order valence-corrected chi connectivity index (χ2v) is 10.0. The summed E-state index contributed by atoms with van der Waals surface area (Å²) in [4.78, 5) is 48.9. The number of nitro groups is 2. The Morgan fingerprint density at radius 3 is 2.14 bits per heavy atom. The third-order valence-corrected chi connectivity index (χ3v) is 5.54. The number of quaternary nitrogens is 1. The van der Waals surface area contributed by atoms with Gasteiger partial charge >= 0.3 is 0 Å². The monoisotopic (exact) mass is 522 g/mol. The number of hydrogen-bond donors (Lipinski definition) is 2. The highest BCUT2D eigenvalue weighted by Crippen LogP contribution is 2.29. The minimum absolute atomic E-state index is 0.152. The molecule has 0 aliphatic carbocycles. The molecule has 13 nitrogen and oxygen atoms in total. The van der Waals surface area contributed by atoms with Crippen LogP contribution >= 0.6 is 0 Å². The van der Waals surface area contributed by atoms with Crippen molar-refractivity contribution in [2.45, 2.75) is 46.5 Å². The maximum atomic E-state index is 13.4. The molecule has 2 amide bonds. The number of non-ortho nitro benzene ring substituents is 1.